The Morgan fingerprint density at radius 3 is 2.68 bits per heavy atom. The Hall–Kier alpha value is -2.48. The number of thiocarbonyl (C=S) groups is 1. The van der Waals surface area contributed by atoms with Gasteiger partial charge in [0.05, 0.1) is 19.4 Å². The lowest BCUT2D eigenvalue weighted by Gasteiger charge is -2.26. The van der Waals surface area contributed by atoms with E-state index in [1.165, 1.54) is 0 Å². The fourth-order valence-electron chi connectivity index (χ4n) is 2.82. The van der Waals surface area contributed by atoms with Gasteiger partial charge in [0.2, 0.25) is 0 Å². The summed E-state index contributed by atoms with van der Waals surface area (Å²) in [5.41, 5.74) is 4.92. The molecule has 3 rings (SSSR count). The molecule has 1 fully saturated rings. The average Bonchev–Trinajstić information content (AvgIpc) is 2.74. The number of morpholine rings is 1. The highest BCUT2D eigenvalue weighted by Gasteiger charge is 2.09. The summed E-state index contributed by atoms with van der Waals surface area (Å²) >= 11 is 5.28. The predicted octanol–water partition coefficient (Wildman–Crippen LogP) is 2.40. The lowest BCUT2D eigenvalue weighted by Crippen LogP contribution is -2.42. The van der Waals surface area contributed by atoms with E-state index in [9.17, 15) is 0 Å². The zero-order valence-electron chi connectivity index (χ0n) is 15.8. The highest BCUT2D eigenvalue weighted by Crippen LogP contribution is 2.13. The first kappa shape index (κ1) is 20.3. The van der Waals surface area contributed by atoms with Gasteiger partial charge in [0.15, 0.2) is 5.11 Å². The van der Waals surface area contributed by atoms with Gasteiger partial charge in [-0.25, -0.2) is 0 Å². The molecule has 148 valence electrons. The van der Waals surface area contributed by atoms with Crippen molar-refractivity contribution in [3.05, 3.63) is 65.7 Å². The van der Waals surface area contributed by atoms with Crippen molar-refractivity contribution in [2.75, 3.05) is 39.4 Å². The van der Waals surface area contributed by atoms with Gasteiger partial charge in [-0.1, -0.05) is 42.5 Å². The van der Waals surface area contributed by atoms with Crippen LogP contribution in [0, 0.1) is 0 Å². The van der Waals surface area contributed by atoms with Gasteiger partial charge in [-0.2, -0.15) is 5.10 Å². The van der Waals surface area contributed by atoms with Gasteiger partial charge in [-0.05, 0) is 29.9 Å². The molecule has 0 amide bonds. The van der Waals surface area contributed by atoms with Crippen LogP contribution in [0.15, 0.2) is 59.7 Å². The second kappa shape index (κ2) is 11.4. The molecule has 0 aromatic heterocycles. The van der Waals surface area contributed by atoms with Crippen molar-refractivity contribution in [1.82, 2.24) is 15.6 Å². The number of nitrogens with zero attached hydrogens (tertiary/aromatic N) is 2. The minimum Gasteiger partial charge on any atom is -0.489 e. The average molecular weight is 399 g/mol. The van der Waals surface area contributed by atoms with Crippen LogP contribution in [0.5, 0.6) is 5.75 Å². The van der Waals surface area contributed by atoms with Crippen LogP contribution in [0.25, 0.3) is 0 Å². The zero-order chi connectivity index (χ0) is 19.4. The van der Waals surface area contributed by atoms with Gasteiger partial charge < -0.3 is 14.8 Å². The number of para-hydroxylation sites is 1. The molecule has 1 saturated heterocycles. The molecule has 2 aromatic carbocycles. The van der Waals surface area contributed by atoms with Crippen LogP contribution in [0.2, 0.25) is 0 Å². The number of hydrogen-bond donors (Lipinski definition) is 2. The van der Waals surface area contributed by atoms with E-state index in [-0.39, 0.29) is 0 Å². The van der Waals surface area contributed by atoms with Crippen LogP contribution < -0.4 is 15.5 Å². The molecule has 28 heavy (non-hydrogen) atoms. The van der Waals surface area contributed by atoms with Crippen molar-refractivity contribution >= 4 is 23.5 Å². The maximum atomic E-state index is 5.84. The molecule has 0 atom stereocenters. The topological polar surface area (TPSA) is 58.1 Å². The number of benzene rings is 2. The normalized spacial score (nSPS) is 14.7. The molecule has 0 bridgehead atoms. The smallest absolute Gasteiger partial charge is 0.187 e. The van der Waals surface area contributed by atoms with E-state index in [4.69, 9.17) is 21.7 Å². The highest BCUT2D eigenvalue weighted by molar-refractivity contribution is 7.80. The molecule has 1 aliphatic heterocycles. The minimum absolute atomic E-state index is 0.481. The summed E-state index contributed by atoms with van der Waals surface area (Å²) in [4.78, 5) is 2.35. The predicted molar refractivity (Wildman–Crippen MR) is 116 cm³/mol. The van der Waals surface area contributed by atoms with E-state index in [2.05, 4.69) is 20.7 Å². The fourth-order valence-corrected chi connectivity index (χ4v) is 2.98. The van der Waals surface area contributed by atoms with Crippen molar-refractivity contribution < 1.29 is 9.47 Å². The summed E-state index contributed by atoms with van der Waals surface area (Å²) in [6.45, 7) is 5.76. The molecule has 1 heterocycles. The first-order chi connectivity index (χ1) is 13.8. The Kier molecular flexibility index (Phi) is 8.24. The Labute approximate surface area is 171 Å². The third-order valence-electron chi connectivity index (χ3n) is 4.38. The molecule has 0 aliphatic carbocycles. The van der Waals surface area contributed by atoms with Crippen LogP contribution in [0.4, 0.5) is 0 Å². The number of ether oxygens (including phenoxy) is 2. The van der Waals surface area contributed by atoms with Gasteiger partial charge >= 0.3 is 0 Å². The van der Waals surface area contributed by atoms with E-state index in [1.807, 2.05) is 54.6 Å². The minimum atomic E-state index is 0.481. The molecule has 6 nitrogen and oxygen atoms in total. The summed E-state index contributed by atoms with van der Waals surface area (Å²) in [6.07, 6.45) is 1.76. The second-order valence-electron chi connectivity index (χ2n) is 6.38. The number of nitrogens with one attached hydrogen (secondary N) is 2. The molecule has 0 spiro atoms. The first-order valence-electron chi connectivity index (χ1n) is 9.44. The summed E-state index contributed by atoms with van der Waals surface area (Å²) < 4.78 is 11.2. The molecular formula is C21H26N4O2S. The molecule has 7 heteroatoms. The van der Waals surface area contributed by atoms with Gasteiger partial charge in [0.25, 0.3) is 0 Å². The summed E-state index contributed by atoms with van der Waals surface area (Å²) in [5, 5.41) is 7.95. The molecule has 2 aromatic rings. The Bertz CT molecular complexity index is 764. The number of hydrazone groups is 1. The van der Waals surface area contributed by atoms with E-state index < -0.39 is 0 Å². The molecule has 1 aliphatic rings. The fraction of sp³-hybridized carbons (Fsp3) is 0.333. The lowest BCUT2D eigenvalue weighted by atomic mass is 10.1. The molecule has 0 unspecified atom stereocenters. The summed E-state index contributed by atoms with van der Waals surface area (Å²) in [6, 6.07) is 17.8. The molecule has 2 N–H and O–H groups in total. The van der Waals surface area contributed by atoms with Crippen LogP contribution in [-0.4, -0.2) is 55.6 Å². The van der Waals surface area contributed by atoms with Gasteiger partial charge in [-0.3, -0.25) is 10.3 Å². The van der Waals surface area contributed by atoms with Crippen LogP contribution >= 0.6 is 12.2 Å². The number of hydrogen-bond acceptors (Lipinski definition) is 5. The van der Waals surface area contributed by atoms with Crippen molar-refractivity contribution in [1.29, 1.82) is 0 Å². The van der Waals surface area contributed by atoms with Crippen molar-refractivity contribution in [3.63, 3.8) is 0 Å². The van der Waals surface area contributed by atoms with Gasteiger partial charge in [0, 0.05) is 31.7 Å². The van der Waals surface area contributed by atoms with Crippen molar-refractivity contribution in [3.8, 4) is 5.75 Å². The van der Waals surface area contributed by atoms with E-state index in [0.29, 0.717) is 11.7 Å². The molecule has 0 radical (unpaired) electrons. The van der Waals surface area contributed by atoms with E-state index in [1.54, 1.807) is 6.21 Å². The lowest BCUT2D eigenvalue weighted by molar-refractivity contribution is 0.0389. The second-order valence-corrected chi connectivity index (χ2v) is 6.79. The Morgan fingerprint density at radius 2 is 1.86 bits per heavy atom. The monoisotopic (exact) mass is 398 g/mol. The maximum absolute atomic E-state index is 5.84. The quantitative estimate of drug-likeness (QED) is 0.405. The maximum Gasteiger partial charge on any atom is 0.187 e. The van der Waals surface area contributed by atoms with Crippen LogP contribution in [0.3, 0.4) is 0 Å². The summed E-state index contributed by atoms with van der Waals surface area (Å²) in [5.74, 6) is 0.845. The van der Waals surface area contributed by atoms with Gasteiger partial charge in [0.1, 0.15) is 12.4 Å². The molecular weight excluding hydrogens is 372 g/mol. The molecule has 0 saturated carbocycles. The largest absolute Gasteiger partial charge is 0.489 e. The first-order valence-corrected chi connectivity index (χ1v) is 9.85. The van der Waals surface area contributed by atoms with Crippen LogP contribution in [0.1, 0.15) is 11.1 Å². The van der Waals surface area contributed by atoms with E-state index in [0.717, 1.165) is 56.3 Å². The third-order valence-corrected chi connectivity index (χ3v) is 4.62. The Morgan fingerprint density at radius 1 is 1.11 bits per heavy atom. The highest BCUT2D eigenvalue weighted by atomic mass is 32.1. The van der Waals surface area contributed by atoms with E-state index >= 15 is 0 Å². The Balaban J connectivity index is 1.42. The van der Waals surface area contributed by atoms with Crippen molar-refractivity contribution in [2.24, 2.45) is 5.10 Å². The SMILES string of the molecule is S=C(NCCN1CCOCC1)N/N=C/c1ccccc1COc1ccccc1. The van der Waals surface area contributed by atoms with Crippen molar-refractivity contribution in [2.45, 2.75) is 6.61 Å². The zero-order valence-corrected chi connectivity index (χ0v) is 16.7. The van der Waals surface area contributed by atoms with Crippen LogP contribution in [-0.2, 0) is 11.3 Å². The third kappa shape index (κ3) is 6.92. The van der Waals surface area contributed by atoms with Gasteiger partial charge in [-0.15, -0.1) is 0 Å². The summed E-state index contributed by atoms with van der Waals surface area (Å²) in [7, 11) is 0. The standard InChI is InChI=1S/C21H26N4O2S/c28-21(22-10-11-25-12-14-26-15-13-25)24-23-16-18-6-4-5-7-19(18)17-27-20-8-2-1-3-9-20/h1-9,16H,10-15,17H2,(H2,22,24,28)/b23-16+. The number of rotatable bonds is 8.